The van der Waals surface area contributed by atoms with Crippen LogP contribution in [0.25, 0.3) is 0 Å². The average molecular weight is 152 g/mol. The summed E-state index contributed by atoms with van der Waals surface area (Å²) in [6.07, 6.45) is 3.69. The number of ketones is 1. The van der Waals surface area contributed by atoms with Gasteiger partial charge >= 0.3 is 0 Å². The maximum Gasteiger partial charge on any atom is 0.163 e. The van der Waals surface area contributed by atoms with Gasteiger partial charge in [-0.2, -0.15) is 0 Å². The van der Waals surface area contributed by atoms with E-state index in [0.717, 1.165) is 0 Å². The van der Waals surface area contributed by atoms with Crippen molar-refractivity contribution in [2.24, 2.45) is 11.8 Å². The van der Waals surface area contributed by atoms with Crippen LogP contribution >= 0.6 is 0 Å². The summed E-state index contributed by atoms with van der Waals surface area (Å²) in [5.74, 6) is 0.129. The molecule has 0 saturated carbocycles. The van der Waals surface area contributed by atoms with Gasteiger partial charge in [-0.05, 0) is 6.42 Å². The smallest absolute Gasteiger partial charge is 0.163 e. The Bertz CT molecular complexity index is 216. The van der Waals surface area contributed by atoms with E-state index in [2.05, 4.69) is 6.58 Å². The van der Waals surface area contributed by atoms with Gasteiger partial charge in [-0.1, -0.05) is 13.0 Å². The molecule has 0 aromatic rings. The summed E-state index contributed by atoms with van der Waals surface area (Å²) < 4.78 is 0. The van der Waals surface area contributed by atoms with Crippen LogP contribution in [0.1, 0.15) is 13.3 Å². The lowest BCUT2D eigenvalue weighted by Crippen LogP contribution is -2.13. The lowest BCUT2D eigenvalue weighted by molar-refractivity contribution is -0.118. The molecule has 0 saturated heterocycles. The molecule has 0 aromatic heterocycles. The van der Waals surface area contributed by atoms with Gasteiger partial charge in [-0.3, -0.25) is 4.79 Å². The van der Waals surface area contributed by atoms with E-state index in [4.69, 9.17) is 0 Å². The Morgan fingerprint density at radius 3 is 2.82 bits per heavy atom. The lowest BCUT2D eigenvalue weighted by atomic mass is 9.93. The van der Waals surface area contributed by atoms with Crippen LogP contribution in [-0.4, -0.2) is 10.9 Å². The van der Waals surface area contributed by atoms with Gasteiger partial charge < -0.3 is 5.11 Å². The van der Waals surface area contributed by atoms with E-state index in [9.17, 15) is 9.90 Å². The molecular formula is C9H12O2. The summed E-state index contributed by atoms with van der Waals surface area (Å²) in [6.45, 7) is 5.41. The summed E-state index contributed by atoms with van der Waals surface area (Å²) in [7, 11) is 0. The van der Waals surface area contributed by atoms with Gasteiger partial charge in [0, 0.05) is 17.9 Å². The highest BCUT2D eigenvalue weighted by atomic mass is 16.3. The van der Waals surface area contributed by atoms with E-state index < -0.39 is 0 Å². The van der Waals surface area contributed by atoms with E-state index in [1.54, 1.807) is 6.08 Å². The molecule has 2 nitrogen and oxygen atoms in total. The summed E-state index contributed by atoms with van der Waals surface area (Å²) in [5, 5.41) is 9.17. The molecular weight excluding hydrogens is 140 g/mol. The van der Waals surface area contributed by atoms with Crippen LogP contribution in [-0.2, 0) is 4.79 Å². The van der Waals surface area contributed by atoms with Crippen LogP contribution in [0.3, 0.4) is 0 Å². The number of hydrogen-bond donors (Lipinski definition) is 1. The zero-order valence-corrected chi connectivity index (χ0v) is 6.58. The van der Waals surface area contributed by atoms with Gasteiger partial charge in [0.15, 0.2) is 5.78 Å². The van der Waals surface area contributed by atoms with Gasteiger partial charge in [0.05, 0.1) is 5.76 Å². The molecule has 0 radical (unpaired) electrons. The van der Waals surface area contributed by atoms with Crippen LogP contribution in [0.15, 0.2) is 24.5 Å². The molecule has 2 heteroatoms. The van der Waals surface area contributed by atoms with E-state index >= 15 is 0 Å². The predicted molar refractivity (Wildman–Crippen MR) is 43.2 cm³/mol. The first kappa shape index (κ1) is 8.05. The number of aliphatic hydroxyl groups is 1. The first-order chi connectivity index (χ1) is 5.16. The van der Waals surface area contributed by atoms with Crippen LogP contribution < -0.4 is 0 Å². The van der Waals surface area contributed by atoms with Gasteiger partial charge in [0.1, 0.15) is 0 Å². The minimum absolute atomic E-state index is 0.0231. The molecule has 0 amide bonds. The molecule has 11 heavy (non-hydrogen) atoms. The lowest BCUT2D eigenvalue weighted by Gasteiger charge is -2.11. The summed E-state index contributed by atoms with van der Waals surface area (Å²) >= 11 is 0. The fraction of sp³-hybridized carbons (Fsp3) is 0.444. The number of carbonyl (C=O) groups is 1. The monoisotopic (exact) mass is 152 g/mol. The maximum absolute atomic E-state index is 11.1. The van der Waals surface area contributed by atoms with E-state index in [0.29, 0.717) is 6.42 Å². The van der Waals surface area contributed by atoms with Gasteiger partial charge in [0.2, 0.25) is 0 Å². The first-order valence-electron chi connectivity index (χ1n) is 3.72. The Labute approximate surface area is 66.2 Å². The minimum atomic E-state index is -0.0764. The topological polar surface area (TPSA) is 37.3 Å². The van der Waals surface area contributed by atoms with Crippen molar-refractivity contribution in [3.63, 3.8) is 0 Å². The van der Waals surface area contributed by atoms with Crippen LogP contribution in [0.5, 0.6) is 0 Å². The number of allylic oxidation sites excluding steroid dienone is 3. The van der Waals surface area contributed by atoms with Crippen molar-refractivity contribution >= 4 is 5.78 Å². The Morgan fingerprint density at radius 1 is 1.82 bits per heavy atom. The maximum atomic E-state index is 11.1. The zero-order chi connectivity index (χ0) is 8.43. The zero-order valence-electron chi connectivity index (χ0n) is 6.58. The van der Waals surface area contributed by atoms with Crippen LogP contribution in [0.4, 0.5) is 0 Å². The molecule has 1 aliphatic rings. The van der Waals surface area contributed by atoms with Crippen molar-refractivity contribution in [2.45, 2.75) is 13.3 Å². The van der Waals surface area contributed by atoms with Crippen molar-refractivity contribution in [1.82, 2.24) is 0 Å². The van der Waals surface area contributed by atoms with Crippen molar-refractivity contribution in [1.29, 1.82) is 0 Å². The average Bonchev–Trinajstić information content (AvgIpc) is 2.17. The van der Waals surface area contributed by atoms with Crippen molar-refractivity contribution < 1.29 is 9.90 Å². The molecule has 0 spiro atoms. The fourth-order valence-corrected chi connectivity index (χ4v) is 1.34. The molecule has 1 rings (SSSR count). The molecule has 0 aliphatic heterocycles. The molecule has 0 aromatic carbocycles. The first-order valence-corrected chi connectivity index (χ1v) is 3.72. The minimum Gasteiger partial charge on any atom is -0.512 e. The Kier molecular flexibility index (Phi) is 2.13. The number of rotatable bonds is 2. The van der Waals surface area contributed by atoms with Crippen molar-refractivity contribution in [3.8, 4) is 0 Å². The third kappa shape index (κ3) is 1.34. The molecule has 0 bridgehead atoms. The van der Waals surface area contributed by atoms with E-state index in [-0.39, 0.29) is 23.4 Å². The summed E-state index contributed by atoms with van der Waals surface area (Å²) in [4.78, 5) is 11.1. The summed E-state index contributed by atoms with van der Waals surface area (Å²) in [6, 6.07) is 0. The predicted octanol–water partition coefficient (Wildman–Crippen LogP) is 1.84. The number of aliphatic hydroxyl groups excluding tert-OH is 1. The van der Waals surface area contributed by atoms with Gasteiger partial charge in [0.25, 0.3) is 0 Å². The molecule has 60 valence electrons. The quantitative estimate of drug-likeness (QED) is 0.613. The van der Waals surface area contributed by atoms with Crippen molar-refractivity contribution in [3.05, 3.63) is 24.5 Å². The highest BCUT2D eigenvalue weighted by Crippen LogP contribution is 2.29. The second-order valence-electron chi connectivity index (χ2n) is 2.89. The Hall–Kier alpha value is -1.05. The second-order valence-corrected chi connectivity index (χ2v) is 2.89. The number of carbonyl (C=O) groups excluding carboxylic acids is 1. The normalized spacial score (nSPS) is 30.3. The third-order valence-electron chi connectivity index (χ3n) is 2.15. The molecule has 2 unspecified atom stereocenters. The summed E-state index contributed by atoms with van der Waals surface area (Å²) in [5.41, 5.74) is 0. The molecule has 1 N–H and O–H groups in total. The molecule has 0 heterocycles. The SMILES string of the molecule is C=CCC1C(=O)C=C(O)C1C. The van der Waals surface area contributed by atoms with Crippen LogP contribution in [0, 0.1) is 11.8 Å². The molecule has 1 aliphatic carbocycles. The standard InChI is InChI=1S/C9H12O2/c1-3-4-7-6(2)8(10)5-9(7)11/h3,5-7,10H,1,4H2,2H3. The second kappa shape index (κ2) is 2.91. The number of hydrogen-bond acceptors (Lipinski definition) is 2. The Balaban J connectivity index is 2.71. The highest BCUT2D eigenvalue weighted by molar-refractivity contribution is 5.95. The van der Waals surface area contributed by atoms with E-state index in [1.165, 1.54) is 6.08 Å². The Morgan fingerprint density at radius 2 is 2.45 bits per heavy atom. The molecule has 2 atom stereocenters. The van der Waals surface area contributed by atoms with Crippen molar-refractivity contribution in [2.75, 3.05) is 0 Å². The van der Waals surface area contributed by atoms with Gasteiger partial charge in [-0.25, -0.2) is 0 Å². The third-order valence-corrected chi connectivity index (χ3v) is 2.15. The van der Waals surface area contributed by atoms with Gasteiger partial charge in [-0.15, -0.1) is 6.58 Å². The fourth-order valence-electron chi connectivity index (χ4n) is 1.34. The highest BCUT2D eigenvalue weighted by Gasteiger charge is 2.31. The largest absolute Gasteiger partial charge is 0.512 e. The molecule has 0 fully saturated rings. The van der Waals surface area contributed by atoms with Crippen LogP contribution in [0.2, 0.25) is 0 Å². The van der Waals surface area contributed by atoms with E-state index in [1.807, 2.05) is 6.92 Å².